The van der Waals surface area contributed by atoms with E-state index in [1.807, 2.05) is 0 Å². The lowest BCUT2D eigenvalue weighted by molar-refractivity contribution is -0.385. The second-order valence-electron chi connectivity index (χ2n) is 2.98. The molecule has 0 spiro atoms. The summed E-state index contributed by atoms with van der Waals surface area (Å²) in [5.41, 5.74) is -0.406. The van der Waals surface area contributed by atoms with E-state index >= 15 is 0 Å². The first-order valence-electron chi connectivity index (χ1n) is 4.63. The molecule has 0 unspecified atom stereocenters. The quantitative estimate of drug-likeness (QED) is 0.325. The van der Waals surface area contributed by atoms with Gasteiger partial charge in [0, 0.05) is 24.6 Å². The summed E-state index contributed by atoms with van der Waals surface area (Å²) in [6.07, 6.45) is 1.20. The summed E-state index contributed by atoms with van der Waals surface area (Å²) in [6, 6.07) is 2.35. The lowest BCUT2D eigenvalue weighted by Crippen LogP contribution is -2.21. The van der Waals surface area contributed by atoms with Crippen LogP contribution in [0.5, 0.6) is 0 Å². The summed E-state index contributed by atoms with van der Waals surface area (Å²) >= 11 is 5.40. The van der Waals surface area contributed by atoms with E-state index in [0.717, 1.165) is 0 Å². The Morgan fingerprint density at radius 3 is 2.81 bits per heavy atom. The van der Waals surface area contributed by atoms with Crippen molar-refractivity contribution in [2.24, 2.45) is 0 Å². The van der Waals surface area contributed by atoms with Gasteiger partial charge in [0.1, 0.15) is 0 Å². The van der Waals surface area contributed by atoms with Gasteiger partial charge < -0.3 is 9.30 Å². The van der Waals surface area contributed by atoms with Gasteiger partial charge in [0.25, 0.3) is 11.2 Å². The average molecular weight is 247 g/mol. The van der Waals surface area contributed by atoms with Crippen molar-refractivity contribution in [2.45, 2.75) is 6.54 Å². The molecule has 7 heteroatoms. The number of aromatic nitrogens is 1. The lowest BCUT2D eigenvalue weighted by Gasteiger charge is -2.05. The Labute approximate surface area is 96.6 Å². The summed E-state index contributed by atoms with van der Waals surface area (Å²) in [6.45, 7) is 0.969. The van der Waals surface area contributed by atoms with E-state index in [2.05, 4.69) is 0 Å². The van der Waals surface area contributed by atoms with E-state index in [4.69, 9.17) is 16.3 Å². The number of nitrogens with zero attached hydrogens (tertiary/aromatic N) is 2. The molecular formula is C9H11ClN2O4. The third-order valence-electron chi connectivity index (χ3n) is 1.88. The summed E-state index contributed by atoms with van der Waals surface area (Å²) in [5, 5.41) is 10.5. The lowest BCUT2D eigenvalue weighted by atomic mass is 10.4. The Balaban J connectivity index is 2.67. The fraction of sp³-hybridized carbons (Fsp3) is 0.444. The molecular weight excluding hydrogens is 236 g/mol. The second kappa shape index (κ2) is 6.24. The highest BCUT2D eigenvalue weighted by Crippen LogP contribution is 2.05. The molecule has 1 rings (SSSR count). The normalized spacial score (nSPS) is 10.3. The second-order valence-corrected chi connectivity index (χ2v) is 3.36. The summed E-state index contributed by atoms with van der Waals surface area (Å²) in [7, 11) is 0. The Morgan fingerprint density at radius 1 is 1.44 bits per heavy atom. The molecule has 1 aromatic rings. The Hall–Kier alpha value is -1.40. The van der Waals surface area contributed by atoms with Crippen LogP contribution in [0.15, 0.2) is 23.1 Å². The molecule has 0 radical (unpaired) electrons. The Morgan fingerprint density at radius 2 is 2.19 bits per heavy atom. The zero-order chi connectivity index (χ0) is 12.0. The monoisotopic (exact) mass is 246 g/mol. The van der Waals surface area contributed by atoms with Gasteiger partial charge in [-0.25, -0.2) is 0 Å². The summed E-state index contributed by atoms with van der Waals surface area (Å²) in [5.74, 6) is 0.379. The molecule has 0 atom stereocenters. The van der Waals surface area contributed by atoms with Gasteiger partial charge in [-0.15, -0.1) is 11.6 Å². The zero-order valence-corrected chi connectivity index (χ0v) is 9.22. The summed E-state index contributed by atoms with van der Waals surface area (Å²) in [4.78, 5) is 21.3. The molecule has 88 valence electrons. The molecule has 0 aromatic carbocycles. The number of nitro groups is 1. The zero-order valence-electron chi connectivity index (χ0n) is 8.47. The van der Waals surface area contributed by atoms with E-state index in [0.29, 0.717) is 19.1 Å². The van der Waals surface area contributed by atoms with E-state index < -0.39 is 4.92 Å². The molecule has 0 saturated carbocycles. The van der Waals surface area contributed by atoms with Crippen LogP contribution in [0.4, 0.5) is 5.69 Å². The van der Waals surface area contributed by atoms with Gasteiger partial charge in [-0.3, -0.25) is 14.9 Å². The average Bonchev–Trinajstić information content (AvgIpc) is 2.26. The fourth-order valence-corrected chi connectivity index (χ4v) is 1.23. The molecule has 0 aliphatic carbocycles. The highest BCUT2D eigenvalue weighted by molar-refractivity contribution is 6.17. The third-order valence-corrected chi connectivity index (χ3v) is 2.03. The third kappa shape index (κ3) is 3.63. The number of pyridine rings is 1. The number of hydrogen-bond acceptors (Lipinski definition) is 4. The van der Waals surface area contributed by atoms with Gasteiger partial charge >= 0.3 is 0 Å². The minimum atomic E-state index is -0.546. The molecule has 0 aliphatic rings. The van der Waals surface area contributed by atoms with Crippen LogP contribution in [0.25, 0.3) is 0 Å². The van der Waals surface area contributed by atoms with Crippen LogP contribution in [-0.2, 0) is 11.3 Å². The summed E-state index contributed by atoms with van der Waals surface area (Å²) < 4.78 is 6.32. The van der Waals surface area contributed by atoms with E-state index in [1.165, 1.54) is 22.9 Å². The topological polar surface area (TPSA) is 74.4 Å². The first-order valence-corrected chi connectivity index (χ1v) is 5.17. The highest BCUT2D eigenvalue weighted by Gasteiger charge is 2.07. The molecule has 0 N–H and O–H groups in total. The van der Waals surface area contributed by atoms with Crippen molar-refractivity contribution in [3.8, 4) is 0 Å². The molecule has 16 heavy (non-hydrogen) atoms. The maximum absolute atomic E-state index is 11.3. The standard InChI is InChI=1S/C9H11ClN2O4/c10-3-5-16-6-4-11-7-8(12(14)15)1-2-9(11)13/h1-2,7H,3-6H2. The van der Waals surface area contributed by atoms with Crippen molar-refractivity contribution >= 4 is 17.3 Å². The fourth-order valence-electron chi connectivity index (χ4n) is 1.12. The van der Waals surface area contributed by atoms with Gasteiger partial charge in [-0.05, 0) is 0 Å². The van der Waals surface area contributed by atoms with Crippen LogP contribution >= 0.6 is 11.6 Å². The van der Waals surface area contributed by atoms with Crippen LogP contribution in [0, 0.1) is 10.1 Å². The molecule has 0 saturated heterocycles. The van der Waals surface area contributed by atoms with Crippen LogP contribution in [0.1, 0.15) is 0 Å². The minimum absolute atomic E-state index is 0.114. The van der Waals surface area contributed by atoms with Crippen molar-refractivity contribution in [3.05, 3.63) is 38.8 Å². The smallest absolute Gasteiger partial charge is 0.285 e. The number of ether oxygens (including phenoxy) is 1. The van der Waals surface area contributed by atoms with Gasteiger partial charge in [-0.1, -0.05) is 0 Å². The van der Waals surface area contributed by atoms with Gasteiger partial charge in [0.05, 0.1) is 24.3 Å². The number of alkyl halides is 1. The van der Waals surface area contributed by atoms with E-state index in [9.17, 15) is 14.9 Å². The van der Waals surface area contributed by atoms with E-state index in [1.54, 1.807) is 0 Å². The molecule has 0 aliphatic heterocycles. The molecule has 0 bridgehead atoms. The molecule has 0 fully saturated rings. The molecule has 0 amide bonds. The van der Waals surface area contributed by atoms with Crippen molar-refractivity contribution < 1.29 is 9.66 Å². The SMILES string of the molecule is O=c1ccc([N+](=O)[O-])cn1CCOCCCl. The number of hydrogen-bond donors (Lipinski definition) is 0. The van der Waals surface area contributed by atoms with Gasteiger partial charge in [-0.2, -0.15) is 0 Å². The molecule has 1 aromatic heterocycles. The molecule has 1 heterocycles. The number of rotatable bonds is 6. The van der Waals surface area contributed by atoms with E-state index in [-0.39, 0.29) is 17.8 Å². The van der Waals surface area contributed by atoms with Crippen molar-refractivity contribution in [2.75, 3.05) is 19.1 Å². The van der Waals surface area contributed by atoms with Crippen LogP contribution in [-0.4, -0.2) is 28.6 Å². The van der Waals surface area contributed by atoms with Crippen molar-refractivity contribution in [1.82, 2.24) is 4.57 Å². The van der Waals surface area contributed by atoms with Crippen LogP contribution in [0.3, 0.4) is 0 Å². The van der Waals surface area contributed by atoms with Gasteiger partial charge in [0.2, 0.25) is 0 Å². The highest BCUT2D eigenvalue weighted by atomic mass is 35.5. The van der Waals surface area contributed by atoms with Crippen molar-refractivity contribution in [3.63, 3.8) is 0 Å². The van der Waals surface area contributed by atoms with Crippen molar-refractivity contribution in [1.29, 1.82) is 0 Å². The number of halogens is 1. The Kier molecular flexibility index (Phi) is 4.94. The van der Waals surface area contributed by atoms with Crippen LogP contribution < -0.4 is 5.56 Å². The molecule has 6 nitrogen and oxygen atoms in total. The maximum Gasteiger partial charge on any atom is 0.285 e. The van der Waals surface area contributed by atoms with Gasteiger partial charge in [0.15, 0.2) is 0 Å². The maximum atomic E-state index is 11.3. The predicted molar refractivity (Wildman–Crippen MR) is 58.9 cm³/mol. The largest absolute Gasteiger partial charge is 0.378 e. The first-order chi connectivity index (χ1) is 7.65. The van der Waals surface area contributed by atoms with Crippen LogP contribution in [0.2, 0.25) is 0 Å². The Bertz CT molecular complexity index is 418. The predicted octanol–water partition coefficient (Wildman–Crippen LogP) is 1.01. The first kappa shape index (κ1) is 12.7. The minimum Gasteiger partial charge on any atom is -0.378 e.